The van der Waals surface area contributed by atoms with Crippen LogP contribution in [-0.4, -0.2) is 37.0 Å². The van der Waals surface area contributed by atoms with Gasteiger partial charge in [0.2, 0.25) is 0 Å². The van der Waals surface area contributed by atoms with Crippen LogP contribution in [0.5, 0.6) is 0 Å². The Morgan fingerprint density at radius 3 is 2.48 bits per heavy atom. The number of piperazine rings is 1. The van der Waals surface area contributed by atoms with Gasteiger partial charge in [0.25, 0.3) is 5.91 Å². The van der Waals surface area contributed by atoms with Gasteiger partial charge in [0.05, 0.1) is 5.02 Å². The lowest BCUT2D eigenvalue weighted by Crippen LogP contribution is -2.49. The molecule has 4 rings (SSSR count). The summed E-state index contributed by atoms with van der Waals surface area (Å²) in [5, 5.41) is 10.1. The molecule has 0 spiro atoms. The second-order valence-corrected chi connectivity index (χ2v) is 8.38. The lowest BCUT2D eigenvalue weighted by Gasteiger charge is -2.36. The van der Waals surface area contributed by atoms with Crippen molar-refractivity contribution in [1.29, 1.82) is 5.26 Å². The monoisotopic (exact) mass is 495 g/mol. The number of amides is 1. The number of carbonyl (C=O) groups excluding carboxylic acids is 1. The van der Waals surface area contributed by atoms with Crippen LogP contribution in [0, 0.1) is 11.3 Å². The average molecular weight is 497 g/mol. The molecule has 1 fully saturated rings. The lowest BCUT2D eigenvalue weighted by atomic mass is 10.1. The van der Waals surface area contributed by atoms with Crippen molar-refractivity contribution in [3.8, 4) is 17.4 Å². The van der Waals surface area contributed by atoms with Crippen LogP contribution in [0.3, 0.4) is 0 Å². The van der Waals surface area contributed by atoms with Crippen LogP contribution in [-0.2, 0) is 4.79 Å². The largest absolute Gasteiger partial charge is 0.457 e. The number of furan rings is 1. The number of benzene rings is 2. The second kappa shape index (κ2) is 9.42. The van der Waals surface area contributed by atoms with E-state index in [9.17, 15) is 10.1 Å². The summed E-state index contributed by atoms with van der Waals surface area (Å²) >= 11 is 9.52. The topological polar surface area (TPSA) is 60.5 Å². The Bertz CT molecular complexity index is 1160. The minimum Gasteiger partial charge on any atom is -0.457 e. The highest BCUT2D eigenvalue weighted by Crippen LogP contribution is 2.30. The number of anilines is 1. The average Bonchev–Trinajstić information content (AvgIpc) is 3.28. The number of hydrogen-bond donors (Lipinski definition) is 0. The maximum absolute atomic E-state index is 12.9. The Morgan fingerprint density at radius 2 is 1.81 bits per heavy atom. The van der Waals surface area contributed by atoms with Crippen LogP contribution in [0.4, 0.5) is 5.69 Å². The molecule has 7 heteroatoms. The van der Waals surface area contributed by atoms with Gasteiger partial charge in [-0.1, -0.05) is 35.9 Å². The zero-order chi connectivity index (χ0) is 21.8. The van der Waals surface area contributed by atoms with E-state index in [0.29, 0.717) is 29.6 Å². The van der Waals surface area contributed by atoms with Gasteiger partial charge in [-0.2, -0.15) is 5.26 Å². The van der Waals surface area contributed by atoms with E-state index in [0.717, 1.165) is 28.8 Å². The fourth-order valence-electron chi connectivity index (χ4n) is 3.50. The van der Waals surface area contributed by atoms with Gasteiger partial charge in [0, 0.05) is 48.0 Å². The fraction of sp³-hybridized carbons (Fsp3) is 0.167. The predicted molar refractivity (Wildman–Crippen MR) is 126 cm³/mol. The van der Waals surface area contributed by atoms with Gasteiger partial charge in [-0.3, -0.25) is 4.79 Å². The van der Waals surface area contributed by atoms with E-state index >= 15 is 0 Å². The Morgan fingerprint density at radius 1 is 1.06 bits per heavy atom. The molecule has 1 aliphatic rings. The highest BCUT2D eigenvalue weighted by Gasteiger charge is 2.24. The summed E-state index contributed by atoms with van der Waals surface area (Å²) < 4.78 is 6.63. The van der Waals surface area contributed by atoms with Crippen LogP contribution in [0.25, 0.3) is 17.4 Å². The van der Waals surface area contributed by atoms with Crippen molar-refractivity contribution in [3.63, 3.8) is 0 Å². The molecule has 0 radical (unpaired) electrons. The minimum absolute atomic E-state index is 0.0582. The summed E-state index contributed by atoms with van der Waals surface area (Å²) in [4.78, 5) is 16.8. The summed E-state index contributed by atoms with van der Waals surface area (Å²) in [7, 11) is 0. The Kier molecular flexibility index (Phi) is 6.45. The third kappa shape index (κ3) is 4.84. The van der Waals surface area contributed by atoms with E-state index in [1.54, 1.807) is 23.1 Å². The van der Waals surface area contributed by atoms with Crippen molar-refractivity contribution in [2.75, 3.05) is 31.1 Å². The number of carbonyl (C=O) groups is 1. The SMILES string of the molecule is N#C/C(=C/c1ccc(-c2ccc(Br)c(Cl)c2)o1)C(=O)N1CCN(c2ccccc2)CC1. The van der Waals surface area contributed by atoms with E-state index in [4.69, 9.17) is 16.0 Å². The summed E-state index contributed by atoms with van der Waals surface area (Å²) in [6.45, 7) is 2.58. The molecule has 0 aliphatic carbocycles. The number of nitrogens with zero attached hydrogens (tertiary/aromatic N) is 3. The molecule has 0 saturated carbocycles. The third-order valence-electron chi connectivity index (χ3n) is 5.16. The molecule has 1 amide bonds. The van der Waals surface area contributed by atoms with Crippen molar-refractivity contribution in [1.82, 2.24) is 4.90 Å². The number of nitriles is 1. The molecule has 1 aromatic heterocycles. The Labute approximate surface area is 194 Å². The molecule has 0 atom stereocenters. The molecule has 0 unspecified atom stereocenters. The van der Waals surface area contributed by atoms with Crippen molar-refractivity contribution in [3.05, 3.63) is 81.5 Å². The molecule has 0 N–H and O–H groups in total. The first kappa shape index (κ1) is 21.2. The highest BCUT2D eigenvalue weighted by molar-refractivity contribution is 9.10. The number of halogens is 2. The zero-order valence-electron chi connectivity index (χ0n) is 16.6. The normalized spacial score (nSPS) is 14.4. The Hall–Kier alpha value is -3.01. The van der Waals surface area contributed by atoms with E-state index in [2.05, 4.69) is 33.0 Å². The van der Waals surface area contributed by atoms with Gasteiger partial charge < -0.3 is 14.2 Å². The van der Waals surface area contributed by atoms with Gasteiger partial charge in [-0.15, -0.1) is 0 Å². The molecule has 2 heterocycles. The highest BCUT2D eigenvalue weighted by atomic mass is 79.9. The molecule has 3 aromatic rings. The molecular formula is C24H19BrClN3O2. The van der Waals surface area contributed by atoms with E-state index in [1.807, 2.05) is 36.4 Å². The number of rotatable bonds is 4. The smallest absolute Gasteiger partial charge is 0.264 e. The minimum atomic E-state index is -0.278. The molecule has 5 nitrogen and oxygen atoms in total. The van der Waals surface area contributed by atoms with E-state index in [-0.39, 0.29) is 11.5 Å². The zero-order valence-corrected chi connectivity index (χ0v) is 18.9. The van der Waals surface area contributed by atoms with Crippen LogP contribution in [0.1, 0.15) is 5.76 Å². The molecule has 2 aromatic carbocycles. The summed E-state index contributed by atoms with van der Waals surface area (Å²) in [5.41, 5.74) is 2.01. The van der Waals surface area contributed by atoms with E-state index < -0.39 is 0 Å². The van der Waals surface area contributed by atoms with Crippen molar-refractivity contribution in [2.45, 2.75) is 0 Å². The van der Waals surface area contributed by atoms with Crippen molar-refractivity contribution < 1.29 is 9.21 Å². The molecule has 0 bridgehead atoms. The van der Waals surface area contributed by atoms with E-state index in [1.165, 1.54) is 6.08 Å². The Balaban J connectivity index is 1.45. The quantitative estimate of drug-likeness (QED) is 0.347. The first-order valence-corrected chi connectivity index (χ1v) is 11.0. The maximum atomic E-state index is 12.9. The first-order valence-electron chi connectivity index (χ1n) is 9.81. The lowest BCUT2D eigenvalue weighted by molar-refractivity contribution is -0.126. The van der Waals surface area contributed by atoms with Crippen LogP contribution < -0.4 is 4.90 Å². The molecule has 1 aliphatic heterocycles. The maximum Gasteiger partial charge on any atom is 0.264 e. The molecule has 31 heavy (non-hydrogen) atoms. The molecule has 156 valence electrons. The van der Waals surface area contributed by atoms with Gasteiger partial charge in [0.1, 0.15) is 23.2 Å². The molecular weight excluding hydrogens is 478 g/mol. The first-order chi connectivity index (χ1) is 15.0. The third-order valence-corrected chi connectivity index (χ3v) is 6.39. The van der Waals surface area contributed by atoms with Crippen LogP contribution >= 0.6 is 27.5 Å². The van der Waals surface area contributed by atoms with Gasteiger partial charge in [-0.05, 0) is 52.3 Å². The van der Waals surface area contributed by atoms with Crippen LogP contribution in [0.2, 0.25) is 5.02 Å². The number of para-hydroxylation sites is 1. The predicted octanol–water partition coefficient (Wildman–Crippen LogP) is 5.62. The summed E-state index contributed by atoms with van der Waals surface area (Å²) in [6.07, 6.45) is 1.50. The van der Waals surface area contributed by atoms with Gasteiger partial charge in [0.15, 0.2) is 0 Å². The van der Waals surface area contributed by atoms with Gasteiger partial charge >= 0.3 is 0 Å². The van der Waals surface area contributed by atoms with Crippen molar-refractivity contribution in [2.24, 2.45) is 0 Å². The molecule has 1 saturated heterocycles. The van der Waals surface area contributed by atoms with Crippen LogP contribution in [0.15, 0.2) is 75.1 Å². The summed E-state index contributed by atoms with van der Waals surface area (Å²) in [6, 6.07) is 21.2. The van der Waals surface area contributed by atoms with Crippen molar-refractivity contribution >= 4 is 45.2 Å². The standard InChI is InChI=1S/C24H19BrClN3O2/c25-21-8-6-17(15-22(21)26)23-9-7-20(31-23)14-18(16-27)24(30)29-12-10-28(11-13-29)19-4-2-1-3-5-19/h1-9,14-15H,10-13H2/b18-14-. The number of hydrogen-bond acceptors (Lipinski definition) is 4. The summed E-state index contributed by atoms with van der Waals surface area (Å²) in [5.74, 6) is 0.781. The second-order valence-electron chi connectivity index (χ2n) is 7.12. The fourth-order valence-corrected chi connectivity index (χ4v) is 3.92. The van der Waals surface area contributed by atoms with Gasteiger partial charge in [-0.25, -0.2) is 0 Å².